The van der Waals surface area contributed by atoms with Crippen LogP contribution in [0.4, 0.5) is 0 Å². The molecule has 6 aliphatic rings. The lowest BCUT2D eigenvalue weighted by Crippen LogP contribution is -2.62. The molecular weight excluding hydrogens is 502 g/mol. The Labute approximate surface area is 240 Å². The summed E-state index contributed by atoms with van der Waals surface area (Å²) in [6, 6.07) is 7.78. The smallest absolute Gasteiger partial charge is 0.123 e. The number of nitrogens with one attached hydrogen (secondary N) is 3. The van der Waals surface area contributed by atoms with Gasteiger partial charge in [-0.3, -0.25) is 20.4 Å². The Hall–Kier alpha value is -0.670. The van der Waals surface area contributed by atoms with E-state index in [1.807, 2.05) is 11.9 Å². The first-order valence-corrected chi connectivity index (χ1v) is 17.0. The van der Waals surface area contributed by atoms with E-state index in [9.17, 15) is 0 Å². The van der Waals surface area contributed by atoms with Gasteiger partial charge in [0, 0.05) is 56.5 Å². The van der Waals surface area contributed by atoms with E-state index in [4.69, 9.17) is 4.74 Å². The molecule has 3 aliphatic heterocycles. The summed E-state index contributed by atoms with van der Waals surface area (Å²) < 4.78 is 10.9. The van der Waals surface area contributed by atoms with Crippen LogP contribution in [0, 0.1) is 25.2 Å². The Morgan fingerprint density at radius 1 is 0.923 bits per heavy atom. The Kier molecular flexibility index (Phi) is 8.05. The fourth-order valence-electron chi connectivity index (χ4n) is 9.18. The van der Waals surface area contributed by atoms with Gasteiger partial charge in [-0.25, -0.2) is 4.72 Å². The standard InChI is InChI=1S/C32H51N5OS/c1-22-7-5-8-23(2)30(22)28-16-29-34-31(33-28)35-39-27-10-6-9-24(15-27)19-36-13-14-37(21-26(20-36)38-29)25-17-32(18-25)11-3-4-12-32/h5,7-8,24-29,31,33-35H,3-4,6,9-21H2,1-2H3/t24?,26-,27?,28?,29?,31?/m1/s1. The molecule has 6 unspecified atom stereocenters. The summed E-state index contributed by atoms with van der Waals surface area (Å²) >= 11 is 1.97. The van der Waals surface area contributed by atoms with Crippen molar-refractivity contribution in [2.24, 2.45) is 11.3 Å². The van der Waals surface area contributed by atoms with Gasteiger partial charge in [-0.15, -0.1) is 0 Å². The largest absolute Gasteiger partial charge is 0.357 e. The van der Waals surface area contributed by atoms with Crippen LogP contribution in [0.15, 0.2) is 18.2 Å². The average molecular weight is 554 g/mol. The molecule has 7 rings (SSSR count). The maximum absolute atomic E-state index is 7.11. The van der Waals surface area contributed by atoms with Crippen molar-refractivity contribution in [2.45, 2.75) is 120 Å². The topological polar surface area (TPSA) is 51.8 Å². The van der Waals surface area contributed by atoms with E-state index in [-0.39, 0.29) is 24.7 Å². The molecule has 39 heavy (non-hydrogen) atoms. The third-order valence-electron chi connectivity index (χ3n) is 11.1. The molecule has 0 aromatic heterocycles. The number of hydrogen-bond donors (Lipinski definition) is 3. The molecule has 6 fully saturated rings. The van der Waals surface area contributed by atoms with Gasteiger partial charge < -0.3 is 4.74 Å². The number of ether oxygens (including phenoxy) is 1. The van der Waals surface area contributed by atoms with Gasteiger partial charge >= 0.3 is 0 Å². The van der Waals surface area contributed by atoms with Crippen molar-refractivity contribution >= 4 is 11.9 Å². The number of nitrogens with zero attached hydrogens (tertiary/aromatic N) is 2. The summed E-state index contributed by atoms with van der Waals surface area (Å²) in [6.45, 7) is 10.4. The van der Waals surface area contributed by atoms with E-state index < -0.39 is 0 Å². The molecule has 3 saturated carbocycles. The Morgan fingerprint density at radius 2 is 1.74 bits per heavy atom. The summed E-state index contributed by atoms with van der Waals surface area (Å²) in [5.74, 6) is 0.819. The van der Waals surface area contributed by atoms with E-state index in [1.165, 1.54) is 101 Å². The molecule has 6 bridgehead atoms. The minimum Gasteiger partial charge on any atom is -0.357 e. The Balaban J connectivity index is 1.12. The molecule has 0 amide bonds. The van der Waals surface area contributed by atoms with E-state index in [1.54, 1.807) is 0 Å². The van der Waals surface area contributed by atoms with Gasteiger partial charge in [-0.05, 0) is 86.8 Å². The van der Waals surface area contributed by atoms with Gasteiger partial charge in [0.15, 0.2) is 0 Å². The number of aryl methyl sites for hydroxylation is 2. The van der Waals surface area contributed by atoms with Crippen LogP contribution in [-0.4, -0.2) is 72.4 Å². The van der Waals surface area contributed by atoms with Gasteiger partial charge in [0.25, 0.3) is 0 Å². The highest BCUT2D eigenvalue weighted by Gasteiger charge is 2.48. The highest BCUT2D eigenvalue weighted by molar-refractivity contribution is 7.98. The first kappa shape index (κ1) is 27.2. The van der Waals surface area contributed by atoms with Crippen LogP contribution in [0.3, 0.4) is 0 Å². The molecule has 7 heteroatoms. The van der Waals surface area contributed by atoms with Crippen molar-refractivity contribution in [1.29, 1.82) is 0 Å². The molecular formula is C32H51N5OS. The molecule has 1 spiro atoms. The first-order valence-electron chi connectivity index (χ1n) is 16.1. The molecule has 6 nitrogen and oxygen atoms in total. The van der Waals surface area contributed by atoms with Gasteiger partial charge in [0.2, 0.25) is 0 Å². The van der Waals surface area contributed by atoms with E-state index in [2.05, 4.69) is 57.2 Å². The van der Waals surface area contributed by atoms with Crippen LogP contribution in [0.25, 0.3) is 0 Å². The molecule has 3 aliphatic carbocycles. The summed E-state index contributed by atoms with van der Waals surface area (Å²) in [5.41, 5.74) is 4.91. The zero-order chi connectivity index (χ0) is 26.4. The van der Waals surface area contributed by atoms with E-state index in [0.29, 0.717) is 10.7 Å². The minimum absolute atomic E-state index is 0.0443. The minimum atomic E-state index is 0.0443. The quantitative estimate of drug-likeness (QED) is 0.442. The summed E-state index contributed by atoms with van der Waals surface area (Å²) in [6.07, 6.45) is 15.5. The normalized spacial score (nSPS) is 39.7. The van der Waals surface area contributed by atoms with Gasteiger partial charge in [-0.2, -0.15) is 0 Å². The predicted molar refractivity (Wildman–Crippen MR) is 160 cm³/mol. The van der Waals surface area contributed by atoms with Crippen molar-refractivity contribution in [2.75, 3.05) is 32.7 Å². The Morgan fingerprint density at radius 3 is 2.56 bits per heavy atom. The van der Waals surface area contributed by atoms with Crippen molar-refractivity contribution in [3.63, 3.8) is 0 Å². The number of hydrogen-bond acceptors (Lipinski definition) is 7. The lowest BCUT2D eigenvalue weighted by molar-refractivity contribution is -0.0864. The van der Waals surface area contributed by atoms with Crippen molar-refractivity contribution < 1.29 is 4.74 Å². The molecule has 7 atom stereocenters. The molecule has 3 heterocycles. The van der Waals surface area contributed by atoms with Crippen LogP contribution < -0.4 is 15.4 Å². The van der Waals surface area contributed by atoms with Crippen molar-refractivity contribution in [3.8, 4) is 0 Å². The highest BCUT2D eigenvalue weighted by Crippen LogP contribution is 2.54. The molecule has 1 aromatic rings. The zero-order valence-corrected chi connectivity index (χ0v) is 25.1. The van der Waals surface area contributed by atoms with Crippen molar-refractivity contribution in [1.82, 2.24) is 25.2 Å². The summed E-state index contributed by atoms with van der Waals surface area (Å²) in [5, 5.41) is 8.46. The molecule has 0 radical (unpaired) electrons. The monoisotopic (exact) mass is 553 g/mol. The molecule has 216 valence electrons. The average Bonchev–Trinajstić information content (AvgIpc) is 3.31. The van der Waals surface area contributed by atoms with Crippen LogP contribution >= 0.6 is 11.9 Å². The number of benzene rings is 1. The summed E-state index contributed by atoms with van der Waals surface area (Å²) in [7, 11) is 0. The van der Waals surface area contributed by atoms with Crippen LogP contribution in [0.2, 0.25) is 0 Å². The molecule has 3 N–H and O–H groups in total. The lowest BCUT2D eigenvalue weighted by atomic mass is 9.64. The fourth-order valence-corrected chi connectivity index (χ4v) is 10.3. The van der Waals surface area contributed by atoms with Crippen molar-refractivity contribution in [3.05, 3.63) is 34.9 Å². The second-order valence-corrected chi connectivity index (χ2v) is 15.2. The fraction of sp³-hybridized carbons (Fsp3) is 0.812. The van der Waals surface area contributed by atoms with Crippen LogP contribution in [-0.2, 0) is 4.74 Å². The van der Waals surface area contributed by atoms with Crippen LogP contribution in [0.5, 0.6) is 0 Å². The third kappa shape index (κ3) is 5.97. The Bertz CT molecular complexity index is 973. The van der Waals surface area contributed by atoms with Gasteiger partial charge in [-0.1, -0.05) is 49.4 Å². The zero-order valence-electron chi connectivity index (χ0n) is 24.3. The number of fused-ring (bicyclic) bond motifs is 6. The lowest BCUT2D eigenvalue weighted by Gasteiger charge is -2.51. The SMILES string of the molecule is Cc1cccc(C)c1C1CC2NC(NSC3CCCC(C3)CN3CCN(C4CC5(CCCC5)C4)C[C@@H](C3)O2)N1. The van der Waals surface area contributed by atoms with Gasteiger partial charge in [0.05, 0.1) is 6.10 Å². The predicted octanol–water partition coefficient (Wildman–Crippen LogP) is 5.07. The first-order chi connectivity index (χ1) is 19.0. The third-order valence-corrected chi connectivity index (χ3v) is 12.3. The molecule has 1 aromatic carbocycles. The second kappa shape index (κ2) is 11.5. The molecule has 3 saturated heterocycles. The van der Waals surface area contributed by atoms with E-state index in [0.717, 1.165) is 31.5 Å². The maximum atomic E-state index is 7.11. The van der Waals surface area contributed by atoms with Crippen LogP contribution in [0.1, 0.15) is 93.4 Å². The maximum Gasteiger partial charge on any atom is 0.123 e. The second-order valence-electron chi connectivity index (χ2n) is 14.0. The summed E-state index contributed by atoms with van der Waals surface area (Å²) in [4.78, 5) is 5.64. The highest BCUT2D eigenvalue weighted by atomic mass is 32.2. The number of rotatable bonds is 2. The van der Waals surface area contributed by atoms with E-state index >= 15 is 0 Å². The van der Waals surface area contributed by atoms with Gasteiger partial charge in [0.1, 0.15) is 12.5 Å².